The van der Waals surface area contributed by atoms with Crippen LogP contribution >= 0.6 is 0 Å². The lowest BCUT2D eigenvalue weighted by Crippen LogP contribution is -2.26. The average molecular weight is 383 g/mol. The first-order chi connectivity index (χ1) is 14.3. The molecule has 0 aromatic heterocycles. The highest BCUT2D eigenvalue weighted by Crippen LogP contribution is 2.47. The molecule has 5 nitrogen and oxygen atoms in total. The van der Waals surface area contributed by atoms with Crippen molar-refractivity contribution < 1.29 is 9.47 Å². The summed E-state index contributed by atoms with van der Waals surface area (Å²) < 4.78 is 11.0. The summed E-state index contributed by atoms with van der Waals surface area (Å²) in [5, 5.41) is 3.60. The topological polar surface area (TPSA) is 68.9 Å². The Morgan fingerprint density at radius 1 is 1.00 bits per heavy atom. The van der Waals surface area contributed by atoms with E-state index >= 15 is 0 Å². The molecule has 3 N–H and O–H groups in total. The van der Waals surface area contributed by atoms with Gasteiger partial charge in [-0.15, -0.1) is 0 Å². The Bertz CT molecular complexity index is 1150. The molecule has 3 aliphatic rings. The molecule has 0 bridgehead atoms. The van der Waals surface area contributed by atoms with Crippen LogP contribution in [0.4, 0.5) is 11.4 Å². The predicted octanol–water partition coefficient (Wildman–Crippen LogP) is 4.18. The fraction of sp³-hybridized carbons (Fsp3) is 0.208. The van der Waals surface area contributed by atoms with E-state index in [-0.39, 0.29) is 6.79 Å². The van der Waals surface area contributed by atoms with Gasteiger partial charge in [-0.2, -0.15) is 0 Å². The minimum absolute atomic E-state index is 0.217. The Morgan fingerprint density at radius 3 is 2.90 bits per heavy atom. The van der Waals surface area contributed by atoms with Gasteiger partial charge in [0.25, 0.3) is 0 Å². The van der Waals surface area contributed by atoms with Gasteiger partial charge < -0.3 is 20.5 Å². The van der Waals surface area contributed by atoms with Gasteiger partial charge in [-0.1, -0.05) is 30.3 Å². The predicted molar refractivity (Wildman–Crippen MR) is 113 cm³/mol. The summed E-state index contributed by atoms with van der Waals surface area (Å²) in [7, 11) is 0. The summed E-state index contributed by atoms with van der Waals surface area (Å²) in [6, 6.07) is 20.8. The van der Waals surface area contributed by atoms with Gasteiger partial charge in [0.15, 0.2) is 11.5 Å². The minimum Gasteiger partial charge on any atom is -0.454 e. The number of rotatable bonds is 2. The highest BCUT2D eigenvalue weighted by atomic mass is 16.7. The molecule has 144 valence electrons. The number of anilines is 1. The van der Waals surface area contributed by atoms with Gasteiger partial charge in [0.1, 0.15) is 11.5 Å². The maximum Gasteiger partial charge on any atom is 0.231 e. The van der Waals surface area contributed by atoms with Crippen LogP contribution in [0.2, 0.25) is 0 Å². The van der Waals surface area contributed by atoms with E-state index in [1.807, 2.05) is 24.3 Å². The number of nitrogens with zero attached hydrogens (tertiary/aromatic N) is 1. The van der Waals surface area contributed by atoms with Crippen molar-refractivity contribution in [2.75, 3.05) is 18.7 Å². The highest BCUT2D eigenvalue weighted by molar-refractivity contribution is 6.00. The normalized spacial score (nSPS) is 21.2. The second-order valence-electron chi connectivity index (χ2n) is 7.83. The van der Waals surface area contributed by atoms with Crippen molar-refractivity contribution >= 4 is 17.2 Å². The van der Waals surface area contributed by atoms with E-state index in [9.17, 15) is 0 Å². The summed E-state index contributed by atoms with van der Waals surface area (Å²) in [5.74, 6) is 2.83. The third kappa shape index (κ3) is 2.58. The van der Waals surface area contributed by atoms with E-state index in [0.29, 0.717) is 34.9 Å². The molecule has 3 aromatic carbocycles. The van der Waals surface area contributed by atoms with Crippen LogP contribution in [0.3, 0.4) is 0 Å². The van der Waals surface area contributed by atoms with Gasteiger partial charge in [0, 0.05) is 23.7 Å². The summed E-state index contributed by atoms with van der Waals surface area (Å²) in [6.45, 7) is 1.22. The van der Waals surface area contributed by atoms with Crippen molar-refractivity contribution in [3.63, 3.8) is 0 Å². The molecule has 0 radical (unpaired) electrons. The van der Waals surface area contributed by atoms with Crippen LogP contribution in [0.5, 0.6) is 11.5 Å². The minimum atomic E-state index is 0.217. The number of hydrogen-bond acceptors (Lipinski definition) is 4. The zero-order valence-electron chi connectivity index (χ0n) is 15.9. The Kier molecular flexibility index (Phi) is 3.57. The van der Waals surface area contributed by atoms with E-state index in [1.165, 1.54) is 22.4 Å². The lowest BCUT2D eigenvalue weighted by atomic mass is 9.81. The Hall–Kier alpha value is -3.47. The van der Waals surface area contributed by atoms with Crippen molar-refractivity contribution in [2.24, 2.45) is 16.6 Å². The van der Waals surface area contributed by atoms with Crippen LogP contribution < -0.4 is 20.5 Å². The molecule has 29 heavy (non-hydrogen) atoms. The quantitative estimate of drug-likeness (QED) is 0.514. The number of hydrogen-bond donors (Lipinski definition) is 2. The first-order valence-corrected chi connectivity index (χ1v) is 9.97. The van der Waals surface area contributed by atoms with Crippen LogP contribution in [0.25, 0.3) is 0 Å². The molecular weight excluding hydrogens is 362 g/mol. The molecule has 3 aromatic rings. The van der Waals surface area contributed by atoms with Crippen molar-refractivity contribution in [2.45, 2.75) is 12.3 Å². The standard InChI is InChI=1S/C24H21N3O2/c25-24(27-20-6-3-7-21-23(20)29-13-28-21)15-8-9-19-18(11-15)22-16(12-26-19)10-14-4-1-2-5-17(14)22/h1-9,11,16,22,26H,10,12-13H2,(H2,25,27). The first-order valence-electron chi connectivity index (χ1n) is 9.97. The molecule has 2 aliphatic heterocycles. The van der Waals surface area contributed by atoms with Crippen LogP contribution in [0.1, 0.15) is 28.2 Å². The van der Waals surface area contributed by atoms with Crippen LogP contribution in [0.15, 0.2) is 65.7 Å². The Balaban J connectivity index is 1.41. The summed E-state index contributed by atoms with van der Waals surface area (Å²) in [5.41, 5.74) is 13.4. The average Bonchev–Trinajstić information content (AvgIpc) is 3.38. The molecule has 5 heteroatoms. The molecule has 0 saturated carbocycles. The third-order valence-electron chi connectivity index (χ3n) is 6.20. The lowest BCUT2D eigenvalue weighted by molar-refractivity contribution is 0.174. The van der Waals surface area contributed by atoms with E-state index in [0.717, 1.165) is 18.5 Å². The third-order valence-corrected chi connectivity index (χ3v) is 6.20. The zero-order valence-corrected chi connectivity index (χ0v) is 15.9. The largest absolute Gasteiger partial charge is 0.454 e. The van der Waals surface area contributed by atoms with Crippen molar-refractivity contribution in [3.05, 3.63) is 82.9 Å². The number of para-hydroxylation sites is 1. The molecule has 6 rings (SSSR count). The number of ether oxygens (including phenoxy) is 2. The maximum atomic E-state index is 6.42. The molecule has 0 saturated heterocycles. The summed E-state index contributed by atoms with van der Waals surface area (Å²) in [6.07, 6.45) is 1.12. The van der Waals surface area contributed by atoms with Gasteiger partial charge in [0.2, 0.25) is 6.79 Å². The van der Waals surface area contributed by atoms with Crippen LogP contribution in [-0.4, -0.2) is 19.2 Å². The van der Waals surface area contributed by atoms with E-state index < -0.39 is 0 Å². The monoisotopic (exact) mass is 383 g/mol. The molecule has 2 heterocycles. The molecular formula is C24H21N3O2. The second-order valence-corrected chi connectivity index (χ2v) is 7.83. The maximum absolute atomic E-state index is 6.42. The van der Waals surface area contributed by atoms with E-state index in [1.54, 1.807) is 0 Å². The number of nitrogens with one attached hydrogen (secondary N) is 1. The number of benzene rings is 3. The smallest absolute Gasteiger partial charge is 0.231 e. The molecule has 0 amide bonds. The van der Waals surface area contributed by atoms with E-state index in [2.05, 4.69) is 46.7 Å². The highest BCUT2D eigenvalue weighted by Gasteiger charge is 2.37. The summed E-state index contributed by atoms with van der Waals surface area (Å²) in [4.78, 5) is 4.65. The Labute approximate surface area is 169 Å². The summed E-state index contributed by atoms with van der Waals surface area (Å²) >= 11 is 0. The van der Waals surface area contributed by atoms with Crippen molar-refractivity contribution in [1.29, 1.82) is 0 Å². The number of fused-ring (bicyclic) bond motifs is 6. The van der Waals surface area contributed by atoms with Gasteiger partial charge in [-0.3, -0.25) is 0 Å². The number of aliphatic imine (C=N–C) groups is 1. The molecule has 0 fully saturated rings. The second kappa shape index (κ2) is 6.27. The van der Waals surface area contributed by atoms with Gasteiger partial charge in [-0.05, 0) is 59.4 Å². The molecule has 0 spiro atoms. The van der Waals surface area contributed by atoms with Crippen LogP contribution in [0, 0.1) is 5.92 Å². The Morgan fingerprint density at radius 2 is 1.93 bits per heavy atom. The zero-order chi connectivity index (χ0) is 19.4. The number of amidine groups is 1. The fourth-order valence-electron chi connectivity index (χ4n) is 4.87. The molecule has 1 aliphatic carbocycles. The number of nitrogens with two attached hydrogens (primary N) is 1. The van der Waals surface area contributed by atoms with E-state index in [4.69, 9.17) is 15.2 Å². The van der Waals surface area contributed by atoms with Crippen molar-refractivity contribution in [3.8, 4) is 11.5 Å². The van der Waals surface area contributed by atoms with Gasteiger partial charge in [0.05, 0.1) is 0 Å². The van der Waals surface area contributed by atoms with Gasteiger partial charge >= 0.3 is 0 Å². The molecule has 2 atom stereocenters. The fourth-order valence-corrected chi connectivity index (χ4v) is 4.87. The first kappa shape index (κ1) is 16.5. The molecule has 2 unspecified atom stereocenters. The van der Waals surface area contributed by atoms with Gasteiger partial charge in [-0.25, -0.2) is 4.99 Å². The van der Waals surface area contributed by atoms with Crippen molar-refractivity contribution in [1.82, 2.24) is 0 Å². The lowest BCUT2D eigenvalue weighted by Gasteiger charge is -2.30. The SMILES string of the molecule is NC(=Nc1cccc2c1OCO2)c1ccc2c(c1)C1c3ccccc3CC1CN2. The van der Waals surface area contributed by atoms with Crippen LogP contribution in [-0.2, 0) is 6.42 Å².